The van der Waals surface area contributed by atoms with Gasteiger partial charge in [-0.05, 0) is 19.1 Å². The first kappa shape index (κ1) is 16.0. The average molecular weight is 275 g/mol. The van der Waals surface area contributed by atoms with Gasteiger partial charge in [0.2, 0.25) is 0 Å². The first-order valence-corrected chi connectivity index (χ1v) is 6.72. The van der Waals surface area contributed by atoms with Gasteiger partial charge in [0.05, 0.1) is 24.7 Å². The third kappa shape index (κ3) is 4.56. The van der Waals surface area contributed by atoms with Crippen LogP contribution in [0.15, 0.2) is 24.3 Å². The van der Waals surface area contributed by atoms with Crippen molar-refractivity contribution in [3.05, 3.63) is 29.8 Å². The van der Waals surface area contributed by atoms with Crippen LogP contribution in [0.4, 0.5) is 5.69 Å². The van der Waals surface area contributed by atoms with Crippen molar-refractivity contribution < 1.29 is 9.53 Å². The molecule has 0 bridgehead atoms. The van der Waals surface area contributed by atoms with E-state index in [1.54, 1.807) is 18.1 Å². The number of ether oxygens (including phenoxy) is 1. The highest BCUT2D eigenvalue weighted by atomic mass is 16.5. The SMILES string of the molecule is CCNc1ccccc1C(=O)N(CCC#N)CCOC. The van der Waals surface area contributed by atoms with Crippen LogP contribution in [-0.4, -0.2) is 44.2 Å². The summed E-state index contributed by atoms with van der Waals surface area (Å²) in [5, 5.41) is 11.9. The maximum atomic E-state index is 12.6. The Morgan fingerprint density at radius 2 is 2.15 bits per heavy atom. The maximum Gasteiger partial charge on any atom is 0.256 e. The molecule has 1 aromatic rings. The van der Waals surface area contributed by atoms with Gasteiger partial charge in [-0.2, -0.15) is 5.26 Å². The largest absolute Gasteiger partial charge is 0.385 e. The van der Waals surface area contributed by atoms with Crippen LogP contribution in [-0.2, 0) is 4.74 Å². The van der Waals surface area contributed by atoms with Gasteiger partial charge in [0, 0.05) is 32.4 Å². The zero-order chi connectivity index (χ0) is 14.8. The Labute approximate surface area is 120 Å². The molecule has 5 heteroatoms. The van der Waals surface area contributed by atoms with Gasteiger partial charge in [-0.3, -0.25) is 4.79 Å². The number of methoxy groups -OCH3 is 1. The Hall–Kier alpha value is -2.06. The smallest absolute Gasteiger partial charge is 0.256 e. The van der Waals surface area contributed by atoms with Gasteiger partial charge >= 0.3 is 0 Å². The van der Waals surface area contributed by atoms with Gasteiger partial charge in [-0.15, -0.1) is 0 Å². The summed E-state index contributed by atoms with van der Waals surface area (Å²) in [6.07, 6.45) is 0.318. The van der Waals surface area contributed by atoms with Crippen molar-refractivity contribution in [1.82, 2.24) is 4.90 Å². The monoisotopic (exact) mass is 275 g/mol. The summed E-state index contributed by atoms with van der Waals surface area (Å²) in [7, 11) is 1.60. The van der Waals surface area contributed by atoms with Crippen molar-refractivity contribution in [2.24, 2.45) is 0 Å². The zero-order valence-corrected chi connectivity index (χ0v) is 12.1. The Kier molecular flexibility index (Phi) is 7.15. The number of hydrogen-bond donors (Lipinski definition) is 1. The number of nitrogens with zero attached hydrogens (tertiary/aromatic N) is 2. The summed E-state index contributed by atoms with van der Waals surface area (Å²) < 4.78 is 5.02. The molecule has 1 amide bonds. The van der Waals surface area contributed by atoms with E-state index < -0.39 is 0 Å². The summed E-state index contributed by atoms with van der Waals surface area (Å²) in [6.45, 7) is 4.09. The van der Waals surface area contributed by atoms with Crippen LogP contribution >= 0.6 is 0 Å². The number of benzene rings is 1. The molecule has 0 unspecified atom stereocenters. The highest BCUT2D eigenvalue weighted by molar-refractivity contribution is 5.99. The fourth-order valence-corrected chi connectivity index (χ4v) is 1.89. The molecule has 0 aromatic heterocycles. The van der Waals surface area contributed by atoms with Crippen LogP contribution < -0.4 is 5.32 Å². The van der Waals surface area contributed by atoms with Crippen LogP contribution in [0.5, 0.6) is 0 Å². The highest BCUT2D eigenvalue weighted by Gasteiger charge is 2.17. The van der Waals surface area contributed by atoms with E-state index in [9.17, 15) is 4.79 Å². The lowest BCUT2D eigenvalue weighted by Crippen LogP contribution is -2.35. The Morgan fingerprint density at radius 1 is 1.40 bits per heavy atom. The molecule has 5 nitrogen and oxygen atoms in total. The van der Waals surface area contributed by atoms with Crippen molar-refractivity contribution in [3.8, 4) is 6.07 Å². The Morgan fingerprint density at radius 3 is 2.80 bits per heavy atom. The lowest BCUT2D eigenvalue weighted by molar-refractivity contribution is 0.0701. The van der Waals surface area contributed by atoms with Gasteiger partial charge in [0.25, 0.3) is 5.91 Å². The summed E-state index contributed by atoms with van der Waals surface area (Å²) in [4.78, 5) is 14.2. The second-order valence-electron chi connectivity index (χ2n) is 4.27. The number of rotatable bonds is 8. The second-order valence-corrected chi connectivity index (χ2v) is 4.27. The molecule has 0 aliphatic heterocycles. The molecule has 0 fully saturated rings. The molecule has 0 heterocycles. The normalized spacial score (nSPS) is 9.85. The number of carbonyl (C=O) groups is 1. The van der Waals surface area contributed by atoms with E-state index in [-0.39, 0.29) is 5.91 Å². The zero-order valence-electron chi connectivity index (χ0n) is 12.1. The molecule has 0 saturated heterocycles. The van der Waals surface area contributed by atoms with Crippen LogP contribution in [0, 0.1) is 11.3 Å². The number of carbonyl (C=O) groups excluding carboxylic acids is 1. The summed E-state index contributed by atoms with van der Waals surface area (Å²) in [6, 6.07) is 9.49. The topological polar surface area (TPSA) is 65.4 Å². The number of amides is 1. The van der Waals surface area contributed by atoms with E-state index >= 15 is 0 Å². The molecular formula is C15H21N3O2. The molecule has 20 heavy (non-hydrogen) atoms. The van der Waals surface area contributed by atoms with Crippen LogP contribution in [0.3, 0.4) is 0 Å². The van der Waals surface area contributed by atoms with Gasteiger partial charge in [0.1, 0.15) is 0 Å². The number of nitrogens with one attached hydrogen (secondary N) is 1. The highest BCUT2D eigenvalue weighted by Crippen LogP contribution is 2.17. The third-order valence-electron chi connectivity index (χ3n) is 2.87. The van der Waals surface area contributed by atoms with Crippen LogP contribution in [0.1, 0.15) is 23.7 Å². The molecule has 0 aliphatic rings. The minimum atomic E-state index is -0.0751. The number of hydrogen-bond acceptors (Lipinski definition) is 4. The van der Waals surface area contributed by atoms with Crippen molar-refractivity contribution in [3.63, 3.8) is 0 Å². The average Bonchev–Trinajstić information content (AvgIpc) is 2.48. The molecule has 1 aromatic carbocycles. The summed E-state index contributed by atoms with van der Waals surface area (Å²) in [5.74, 6) is -0.0751. The first-order chi connectivity index (χ1) is 9.74. The maximum absolute atomic E-state index is 12.6. The van der Waals surface area contributed by atoms with E-state index in [4.69, 9.17) is 10.00 Å². The van der Waals surface area contributed by atoms with E-state index in [0.717, 1.165) is 12.2 Å². The summed E-state index contributed by atoms with van der Waals surface area (Å²) >= 11 is 0. The fraction of sp³-hybridized carbons (Fsp3) is 0.467. The fourth-order valence-electron chi connectivity index (χ4n) is 1.89. The Bertz CT molecular complexity index is 468. The van der Waals surface area contributed by atoms with Gasteiger partial charge < -0.3 is 15.0 Å². The predicted octanol–water partition coefficient (Wildman–Crippen LogP) is 2.12. The van der Waals surface area contributed by atoms with Crippen molar-refractivity contribution >= 4 is 11.6 Å². The quantitative estimate of drug-likeness (QED) is 0.789. The standard InChI is InChI=1S/C15H21N3O2/c1-3-17-14-8-5-4-7-13(14)15(19)18(10-6-9-16)11-12-20-2/h4-5,7-8,17H,3,6,10-12H2,1-2H3. The van der Waals surface area contributed by atoms with Gasteiger partial charge in [0.15, 0.2) is 0 Å². The molecule has 0 radical (unpaired) electrons. The molecule has 1 N–H and O–H groups in total. The molecule has 1 rings (SSSR count). The molecule has 0 saturated carbocycles. The number of para-hydroxylation sites is 1. The minimum Gasteiger partial charge on any atom is -0.385 e. The van der Waals surface area contributed by atoms with Crippen molar-refractivity contribution in [1.29, 1.82) is 5.26 Å². The molecule has 108 valence electrons. The number of nitriles is 1. The third-order valence-corrected chi connectivity index (χ3v) is 2.87. The lowest BCUT2D eigenvalue weighted by atomic mass is 10.1. The molecule has 0 atom stereocenters. The number of anilines is 1. The molecule has 0 aliphatic carbocycles. The van der Waals surface area contributed by atoms with E-state index in [1.165, 1.54) is 0 Å². The lowest BCUT2D eigenvalue weighted by Gasteiger charge is -2.22. The van der Waals surface area contributed by atoms with Crippen molar-refractivity contribution in [2.45, 2.75) is 13.3 Å². The first-order valence-electron chi connectivity index (χ1n) is 6.72. The van der Waals surface area contributed by atoms with E-state index in [2.05, 4.69) is 11.4 Å². The Balaban J connectivity index is 2.90. The van der Waals surface area contributed by atoms with Gasteiger partial charge in [-0.1, -0.05) is 12.1 Å². The van der Waals surface area contributed by atoms with E-state index in [1.807, 2.05) is 25.1 Å². The van der Waals surface area contributed by atoms with Crippen LogP contribution in [0.2, 0.25) is 0 Å². The van der Waals surface area contributed by atoms with E-state index in [0.29, 0.717) is 31.7 Å². The van der Waals surface area contributed by atoms with Crippen molar-refractivity contribution in [2.75, 3.05) is 38.7 Å². The molecular weight excluding hydrogens is 254 g/mol. The second kappa shape index (κ2) is 8.94. The molecule has 0 spiro atoms. The predicted molar refractivity (Wildman–Crippen MR) is 78.6 cm³/mol. The summed E-state index contributed by atoms with van der Waals surface area (Å²) in [5.41, 5.74) is 1.45. The van der Waals surface area contributed by atoms with Crippen LogP contribution in [0.25, 0.3) is 0 Å². The van der Waals surface area contributed by atoms with Gasteiger partial charge in [-0.25, -0.2) is 0 Å². The minimum absolute atomic E-state index is 0.0751.